The summed E-state index contributed by atoms with van der Waals surface area (Å²) in [6.07, 6.45) is 2.52. The van der Waals surface area contributed by atoms with Crippen LogP contribution in [-0.2, 0) is 16.0 Å². The first kappa shape index (κ1) is 18.2. The van der Waals surface area contributed by atoms with E-state index in [0.717, 1.165) is 11.3 Å². The molecular formula is C16H21N5O4. The number of ether oxygens (including phenoxy) is 1. The summed E-state index contributed by atoms with van der Waals surface area (Å²) < 4.78 is 5.10. The Morgan fingerprint density at radius 2 is 2.00 bits per heavy atom. The number of anilines is 1. The maximum atomic E-state index is 11.8. The molecular weight excluding hydrogens is 326 g/mol. The fourth-order valence-electron chi connectivity index (χ4n) is 2.03. The minimum Gasteiger partial charge on any atom is -0.480 e. The molecule has 2 rings (SSSR count). The molecule has 1 heterocycles. The number of carboxylic acid groups (broad SMARTS) is 1. The fraction of sp³-hybridized carbons (Fsp3) is 0.375. The van der Waals surface area contributed by atoms with Gasteiger partial charge in [-0.15, -0.1) is 5.11 Å². The lowest BCUT2D eigenvalue weighted by atomic mass is 10.1. The van der Waals surface area contributed by atoms with E-state index in [0.29, 0.717) is 0 Å². The van der Waals surface area contributed by atoms with Gasteiger partial charge in [-0.05, 0) is 43.7 Å². The minimum atomic E-state index is -1.13. The van der Waals surface area contributed by atoms with Gasteiger partial charge < -0.3 is 15.2 Å². The van der Waals surface area contributed by atoms with E-state index in [1.54, 1.807) is 51.2 Å². The number of amides is 1. The van der Waals surface area contributed by atoms with E-state index in [2.05, 4.69) is 21.1 Å². The van der Waals surface area contributed by atoms with E-state index in [-0.39, 0.29) is 6.42 Å². The molecule has 1 aromatic carbocycles. The molecule has 0 bridgehead atoms. The summed E-state index contributed by atoms with van der Waals surface area (Å²) in [6, 6.07) is 5.98. The molecule has 25 heavy (non-hydrogen) atoms. The molecule has 1 aromatic rings. The van der Waals surface area contributed by atoms with Crippen LogP contribution < -0.4 is 15.9 Å². The molecule has 0 saturated heterocycles. The van der Waals surface area contributed by atoms with Gasteiger partial charge in [-0.3, -0.25) is 5.43 Å². The average molecular weight is 347 g/mol. The molecule has 0 aromatic heterocycles. The van der Waals surface area contributed by atoms with E-state index in [1.165, 1.54) is 11.3 Å². The summed E-state index contributed by atoms with van der Waals surface area (Å²) >= 11 is 0. The first-order chi connectivity index (χ1) is 11.7. The fourth-order valence-corrected chi connectivity index (χ4v) is 2.03. The zero-order chi connectivity index (χ0) is 18.4. The van der Waals surface area contributed by atoms with Crippen LogP contribution in [-0.4, -0.2) is 28.8 Å². The second-order valence-electron chi connectivity index (χ2n) is 6.37. The smallest absolute Gasteiger partial charge is 0.408 e. The SMILES string of the molecule is CC(C)(C)OC(=O)N[C@@H](Cc1ccc(N2N=NC=CN2)cc1)C(=O)O. The van der Waals surface area contributed by atoms with Gasteiger partial charge in [0.1, 0.15) is 11.6 Å². The number of carbonyl (C=O) groups excluding carboxylic acids is 1. The lowest BCUT2D eigenvalue weighted by molar-refractivity contribution is -0.139. The molecule has 0 saturated carbocycles. The van der Waals surface area contributed by atoms with Crippen molar-refractivity contribution in [1.82, 2.24) is 10.7 Å². The highest BCUT2D eigenvalue weighted by Crippen LogP contribution is 2.17. The first-order valence-electron chi connectivity index (χ1n) is 7.68. The summed E-state index contributed by atoms with van der Waals surface area (Å²) in [5, 5.41) is 20.8. The summed E-state index contributed by atoms with van der Waals surface area (Å²) in [7, 11) is 0. The molecule has 1 aliphatic heterocycles. The van der Waals surface area contributed by atoms with Crippen molar-refractivity contribution in [2.45, 2.75) is 38.8 Å². The Bertz CT molecular complexity index is 679. The number of nitrogens with one attached hydrogen (secondary N) is 2. The Kier molecular flexibility index (Phi) is 5.58. The molecule has 0 spiro atoms. The lowest BCUT2D eigenvalue weighted by Gasteiger charge is -2.22. The molecule has 0 radical (unpaired) electrons. The molecule has 3 N–H and O–H groups in total. The van der Waals surface area contributed by atoms with Crippen LogP contribution in [0.3, 0.4) is 0 Å². The molecule has 9 heteroatoms. The standard InChI is InChI=1S/C16H21N5O4/c1-16(2,3)25-15(24)19-13(14(22)23)10-11-4-6-12(7-5-11)21-18-9-8-17-20-21/h4-9,13,18H,10H2,1-3H3,(H,19,24)(H,22,23)/t13-/m0/s1. The normalized spacial score (nSPS) is 14.6. The van der Waals surface area contributed by atoms with Crippen LogP contribution in [0.5, 0.6) is 0 Å². The van der Waals surface area contributed by atoms with Crippen molar-refractivity contribution in [3.63, 3.8) is 0 Å². The molecule has 9 nitrogen and oxygen atoms in total. The van der Waals surface area contributed by atoms with Gasteiger partial charge in [0.25, 0.3) is 0 Å². The van der Waals surface area contributed by atoms with Gasteiger partial charge in [-0.1, -0.05) is 12.1 Å². The number of rotatable bonds is 5. The lowest BCUT2D eigenvalue weighted by Crippen LogP contribution is -2.44. The predicted octanol–water partition coefficient (Wildman–Crippen LogP) is 2.37. The van der Waals surface area contributed by atoms with Crippen molar-refractivity contribution in [3.05, 3.63) is 42.2 Å². The van der Waals surface area contributed by atoms with Gasteiger partial charge >= 0.3 is 12.1 Å². The van der Waals surface area contributed by atoms with Crippen molar-refractivity contribution < 1.29 is 19.4 Å². The molecule has 134 valence electrons. The highest BCUT2D eigenvalue weighted by Gasteiger charge is 2.24. The number of alkyl carbamates (subject to hydrolysis) is 1. The van der Waals surface area contributed by atoms with E-state index in [1.807, 2.05) is 0 Å². The van der Waals surface area contributed by atoms with E-state index < -0.39 is 23.7 Å². The number of hydrazine groups is 1. The van der Waals surface area contributed by atoms with Crippen LogP contribution in [0, 0.1) is 0 Å². The Balaban J connectivity index is 1.99. The zero-order valence-corrected chi connectivity index (χ0v) is 14.3. The summed E-state index contributed by atoms with van der Waals surface area (Å²) in [4.78, 5) is 23.2. The predicted molar refractivity (Wildman–Crippen MR) is 90.6 cm³/mol. The number of hydrogen-bond acceptors (Lipinski definition) is 7. The molecule has 0 aliphatic carbocycles. The largest absolute Gasteiger partial charge is 0.480 e. The van der Waals surface area contributed by atoms with Crippen LogP contribution in [0.15, 0.2) is 47.0 Å². The number of hydrogen-bond donors (Lipinski definition) is 3. The van der Waals surface area contributed by atoms with Crippen LogP contribution in [0.1, 0.15) is 26.3 Å². The van der Waals surface area contributed by atoms with Crippen molar-refractivity contribution in [2.75, 3.05) is 5.12 Å². The Morgan fingerprint density at radius 1 is 1.32 bits per heavy atom. The van der Waals surface area contributed by atoms with E-state index in [4.69, 9.17) is 4.74 Å². The Hall–Kier alpha value is -3.10. The van der Waals surface area contributed by atoms with Crippen molar-refractivity contribution in [1.29, 1.82) is 0 Å². The summed E-state index contributed by atoms with van der Waals surface area (Å²) in [6.45, 7) is 5.13. The number of carboxylic acids is 1. The van der Waals surface area contributed by atoms with Gasteiger partial charge in [0.05, 0.1) is 11.9 Å². The number of nitrogens with zero attached hydrogens (tertiary/aromatic N) is 3. The molecule has 0 unspecified atom stereocenters. The number of aliphatic carboxylic acids is 1. The third-order valence-electron chi connectivity index (χ3n) is 3.09. The first-order valence-corrected chi connectivity index (χ1v) is 7.68. The molecule has 1 amide bonds. The minimum absolute atomic E-state index is 0.129. The monoisotopic (exact) mass is 347 g/mol. The van der Waals surface area contributed by atoms with E-state index >= 15 is 0 Å². The van der Waals surface area contributed by atoms with Crippen LogP contribution in [0.4, 0.5) is 10.5 Å². The Morgan fingerprint density at radius 3 is 2.52 bits per heavy atom. The van der Waals surface area contributed by atoms with Crippen LogP contribution >= 0.6 is 0 Å². The van der Waals surface area contributed by atoms with Crippen molar-refractivity contribution in [3.8, 4) is 0 Å². The zero-order valence-electron chi connectivity index (χ0n) is 14.3. The third-order valence-corrected chi connectivity index (χ3v) is 3.09. The van der Waals surface area contributed by atoms with Crippen molar-refractivity contribution in [2.24, 2.45) is 10.3 Å². The second-order valence-corrected chi connectivity index (χ2v) is 6.37. The highest BCUT2D eigenvalue weighted by molar-refractivity contribution is 5.80. The maximum absolute atomic E-state index is 11.8. The number of benzene rings is 1. The quantitative estimate of drug-likeness (QED) is 0.753. The van der Waals surface area contributed by atoms with Crippen molar-refractivity contribution >= 4 is 17.7 Å². The highest BCUT2D eigenvalue weighted by atomic mass is 16.6. The van der Waals surface area contributed by atoms with Gasteiger partial charge in [0.15, 0.2) is 0 Å². The topological polar surface area (TPSA) is 116 Å². The van der Waals surface area contributed by atoms with Crippen LogP contribution in [0.2, 0.25) is 0 Å². The van der Waals surface area contributed by atoms with Gasteiger partial charge in [-0.2, -0.15) is 5.12 Å². The Labute approximate surface area is 145 Å². The second kappa shape index (κ2) is 7.65. The van der Waals surface area contributed by atoms with Gasteiger partial charge in [0.2, 0.25) is 0 Å². The van der Waals surface area contributed by atoms with Gasteiger partial charge in [-0.25, -0.2) is 9.59 Å². The maximum Gasteiger partial charge on any atom is 0.408 e. The number of carbonyl (C=O) groups is 2. The molecule has 1 atom stereocenters. The van der Waals surface area contributed by atoms with E-state index in [9.17, 15) is 14.7 Å². The third kappa shape index (κ3) is 5.79. The summed E-state index contributed by atoms with van der Waals surface area (Å²) in [5.41, 5.74) is 3.68. The molecule has 0 fully saturated rings. The molecule has 1 aliphatic rings. The average Bonchev–Trinajstić information content (AvgIpc) is 2.54. The van der Waals surface area contributed by atoms with Crippen LogP contribution in [0.25, 0.3) is 0 Å². The summed E-state index contributed by atoms with van der Waals surface area (Å²) in [5.74, 6) is -1.13. The van der Waals surface area contributed by atoms with Gasteiger partial charge in [0, 0.05) is 12.6 Å².